The van der Waals surface area contributed by atoms with Crippen molar-refractivity contribution in [2.24, 2.45) is 0 Å². The Morgan fingerprint density at radius 2 is 2.50 bits per heavy atom. The van der Waals surface area contributed by atoms with Gasteiger partial charge in [-0.3, -0.25) is 0 Å². The summed E-state index contributed by atoms with van der Waals surface area (Å²) in [6, 6.07) is 2.29. The van der Waals surface area contributed by atoms with Gasteiger partial charge < -0.3 is 9.73 Å². The molecular weight excluding hydrogens is 174 g/mol. The Labute approximate surface area is 76.9 Å². The molecule has 1 unspecified atom stereocenters. The SMILES string of the molecule is CNC1CCCc2cc(Cl)oc21. The molecule has 0 bridgehead atoms. The van der Waals surface area contributed by atoms with Crippen molar-refractivity contribution in [2.75, 3.05) is 7.05 Å². The van der Waals surface area contributed by atoms with Crippen molar-refractivity contribution in [1.29, 1.82) is 0 Å². The van der Waals surface area contributed by atoms with E-state index in [9.17, 15) is 0 Å². The quantitative estimate of drug-likeness (QED) is 0.728. The van der Waals surface area contributed by atoms with E-state index in [2.05, 4.69) is 5.32 Å². The first-order valence-corrected chi connectivity index (χ1v) is 4.64. The molecule has 0 spiro atoms. The van der Waals surface area contributed by atoms with Crippen LogP contribution in [0.3, 0.4) is 0 Å². The lowest BCUT2D eigenvalue weighted by molar-refractivity contribution is 0.386. The van der Waals surface area contributed by atoms with Crippen LogP contribution in [0, 0.1) is 0 Å². The molecule has 0 fully saturated rings. The summed E-state index contributed by atoms with van der Waals surface area (Å²) in [5, 5.41) is 3.74. The molecule has 0 amide bonds. The van der Waals surface area contributed by atoms with E-state index in [0.717, 1.165) is 18.6 Å². The van der Waals surface area contributed by atoms with Crippen molar-refractivity contribution < 1.29 is 4.42 Å². The normalized spacial score (nSPS) is 22.3. The minimum Gasteiger partial charge on any atom is -0.448 e. The number of furan rings is 1. The number of rotatable bonds is 1. The van der Waals surface area contributed by atoms with Gasteiger partial charge in [0.1, 0.15) is 5.76 Å². The fraction of sp³-hybridized carbons (Fsp3) is 0.556. The third-order valence-electron chi connectivity index (χ3n) is 2.42. The molecule has 3 heteroatoms. The van der Waals surface area contributed by atoms with Gasteiger partial charge in [-0.05, 0) is 49.5 Å². The van der Waals surface area contributed by atoms with Crippen LogP contribution in [0.15, 0.2) is 10.5 Å². The van der Waals surface area contributed by atoms with E-state index in [4.69, 9.17) is 16.0 Å². The van der Waals surface area contributed by atoms with Crippen molar-refractivity contribution >= 4 is 11.6 Å². The molecule has 1 aliphatic carbocycles. The second-order valence-electron chi connectivity index (χ2n) is 3.17. The number of aryl methyl sites for hydroxylation is 1. The number of nitrogens with one attached hydrogen (secondary N) is 1. The standard InChI is InChI=1S/C9H12ClNO/c1-11-7-4-2-3-6-5-8(10)12-9(6)7/h5,7,11H,2-4H2,1H3. The van der Waals surface area contributed by atoms with Gasteiger partial charge in [-0.15, -0.1) is 0 Å². The van der Waals surface area contributed by atoms with Gasteiger partial charge in [-0.25, -0.2) is 0 Å². The molecule has 0 aromatic carbocycles. The highest BCUT2D eigenvalue weighted by molar-refractivity contribution is 6.28. The van der Waals surface area contributed by atoms with Crippen molar-refractivity contribution in [3.8, 4) is 0 Å². The van der Waals surface area contributed by atoms with Gasteiger partial charge in [0.05, 0.1) is 6.04 Å². The number of halogens is 1. The molecule has 2 nitrogen and oxygen atoms in total. The zero-order valence-electron chi connectivity index (χ0n) is 7.06. The van der Waals surface area contributed by atoms with Gasteiger partial charge in [0.2, 0.25) is 0 Å². The zero-order valence-corrected chi connectivity index (χ0v) is 7.82. The Hall–Kier alpha value is -0.470. The summed E-state index contributed by atoms with van der Waals surface area (Å²) >= 11 is 5.78. The fourth-order valence-corrected chi connectivity index (χ4v) is 2.02. The van der Waals surface area contributed by atoms with Crippen LogP contribution >= 0.6 is 11.6 Å². The maximum atomic E-state index is 5.78. The molecule has 1 N–H and O–H groups in total. The molecule has 1 aromatic rings. The first kappa shape index (κ1) is 8.14. The largest absolute Gasteiger partial charge is 0.448 e. The van der Waals surface area contributed by atoms with Crippen molar-refractivity contribution in [2.45, 2.75) is 25.3 Å². The smallest absolute Gasteiger partial charge is 0.193 e. The van der Waals surface area contributed by atoms with E-state index in [0.29, 0.717) is 11.3 Å². The highest BCUT2D eigenvalue weighted by Crippen LogP contribution is 2.33. The van der Waals surface area contributed by atoms with Crippen molar-refractivity contribution in [1.82, 2.24) is 5.32 Å². The molecule has 1 heterocycles. The fourth-order valence-electron chi connectivity index (χ4n) is 1.80. The second kappa shape index (κ2) is 3.11. The lowest BCUT2D eigenvalue weighted by atomic mass is 9.94. The minimum atomic E-state index is 0.362. The van der Waals surface area contributed by atoms with Crippen LogP contribution in [0.4, 0.5) is 0 Å². The van der Waals surface area contributed by atoms with Crippen LogP contribution in [0.2, 0.25) is 5.22 Å². The topological polar surface area (TPSA) is 25.2 Å². The van der Waals surface area contributed by atoms with Gasteiger partial charge in [0.15, 0.2) is 5.22 Å². The second-order valence-corrected chi connectivity index (χ2v) is 3.55. The van der Waals surface area contributed by atoms with Crippen LogP contribution in [0.5, 0.6) is 0 Å². The Morgan fingerprint density at radius 3 is 3.25 bits per heavy atom. The zero-order chi connectivity index (χ0) is 8.55. The molecule has 12 heavy (non-hydrogen) atoms. The molecule has 0 saturated heterocycles. The lowest BCUT2D eigenvalue weighted by Gasteiger charge is -2.19. The van der Waals surface area contributed by atoms with Gasteiger partial charge in [-0.2, -0.15) is 0 Å². The van der Waals surface area contributed by atoms with Gasteiger partial charge in [-0.1, -0.05) is 0 Å². The number of fused-ring (bicyclic) bond motifs is 1. The monoisotopic (exact) mass is 185 g/mol. The number of hydrogen-bond donors (Lipinski definition) is 1. The van der Waals surface area contributed by atoms with E-state index in [1.54, 1.807) is 0 Å². The highest BCUT2D eigenvalue weighted by Gasteiger charge is 2.22. The third kappa shape index (κ3) is 1.25. The predicted molar refractivity (Wildman–Crippen MR) is 48.5 cm³/mol. The van der Waals surface area contributed by atoms with E-state index in [1.807, 2.05) is 13.1 Å². The summed E-state index contributed by atoms with van der Waals surface area (Å²) in [6.45, 7) is 0. The molecule has 1 aliphatic rings. The summed E-state index contributed by atoms with van der Waals surface area (Å²) in [7, 11) is 1.95. The molecular formula is C9H12ClNO. The molecule has 1 atom stereocenters. The highest BCUT2D eigenvalue weighted by atomic mass is 35.5. The first-order valence-electron chi connectivity index (χ1n) is 4.26. The molecule has 1 aromatic heterocycles. The third-order valence-corrected chi connectivity index (χ3v) is 2.60. The van der Waals surface area contributed by atoms with Gasteiger partial charge in [0, 0.05) is 0 Å². The van der Waals surface area contributed by atoms with Gasteiger partial charge >= 0.3 is 0 Å². The van der Waals surface area contributed by atoms with Crippen molar-refractivity contribution in [3.63, 3.8) is 0 Å². The summed E-state index contributed by atoms with van der Waals surface area (Å²) in [5.74, 6) is 1.04. The maximum Gasteiger partial charge on any atom is 0.193 e. The number of hydrogen-bond acceptors (Lipinski definition) is 2. The molecule has 0 aliphatic heterocycles. The van der Waals surface area contributed by atoms with Crippen LogP contribution in [-0.4, -0.2) is 7.05 Å². The molecule has 2 rings (SSSR count). The van der Waals surface area contributed by atoms with Crippen LogP contribution < -0.4 is 5.32 Å². The Bertz CT molecular complexity index is 282. The van der Waals surface area contributed by atoms with Crippen LogP contribution in [0.1, 0.15) is 30.2 Å². The van der Waals surface area contributed by atoms with Gasteiger partial charge in [0.25, 0.3) is 0 Å². The average molecular weight is 186 g/mol. The van der Waals surface area contributed by atoms with Crippen LogP contribution in [0.25, 0.3) is 0 Å². The lowest BCUT2D eigenvalue weighted by Crippen LogP contribution is -2.20. The predicted octanol–water partition coefficient (Wildman–Crippen LogP) is 2.53. The maximum absolute atomic E-state index is 5.78. The van der Waals surface area contributed by atoms with E-state index in [1.165, 1.54) is 12.0 Å². The Morgan fingerprint density at radius 1 is 1.67 bits per heavy atom. The van der Waals surface area contributed by atoms with E-state index in [-0.39, 0.29) is 0 Å². The van der Waals surface area contributed by atoms with E-state index >= 15 is 0 Å². The molecule has 0 radical (unpaired) electrons. The van der Waals surface area contributed by atoms with Crippen molar-refractivity contribution in [3.05, 3.63) is 22.6 Å². The summed E-state index contributed by atoms with van der Waals surface area (Å²) < 4.78 is 5.41. The summed E-state index contributed by atoms with van der Waals surface area (Å²) in [4.78, 5) is 0. The molecule has 0 saturated carbocycles. The van der Waals surface area contributed by atoms with E-state index < -0.39 is 0 Å². The molecule has 66 valence electrons. The average Bonchev–Trinajstić information content (AvgIpc) is 2.44. The van der Waals surface area contributed by atoms with Crippen LogP contribution in [-0.2, 0) is 6.42 Å². The Balaban J connectivity index is 2.36. The summed E-state index contributed by atoms with van der Waals surface area (Å²) in [5.41, 5.74) is 1.27. The summed E-state index contributed by atoms with van der Waals surface area (Å²) in [6.07, 6.45) is 3.46. The Kier molecular flexibility index (Phi) is 2.11. The minimum absolute atomic E-state index is 0.362. The first-order chi connectivity index (χ1) is 5.81.